The van der Waals surface area contributed by atoms with Gasteiger partial charge in [0.25, 0.3) is 0 Å². The normalized spacial score (nSPS) is 17.9. The molecule has 110 valence electrons. The van der Waals surface area contributed by atoms with E-state index >= 15 is 0 Å². The molecule has 20 heavy (non-hydrogen) atoms. The zero-order valence-corrected chi connectivity index (χ0v) is 12.0. The fraction of sp³-hybridized carbons (Fsp3) is 0.500. The maximum absolute atomic E-state index is 10.8. The third-order valence-electron chi connectivity index (χ3n) is 3.45. The van der Waals surface area contributed by atoms with Crippen molar-refractivity contribution in [3.8, 4) is 5.75 Å². The summed E-state index contributed by atoms with van der Waals surface area (Å²) in [5.41, 5.74) is 0.632. The van der Waals surface area contributed by atoms with E-state index < -0.39 is 12.2 Å². The molecule has 1 aliphatic rings. The molecule has 6 heteroatoms. The summed E-state index contributed by atoms with van der Waals surface area (Å²) in [5, 5.41) is 18.9. The van der Waals surface area contributed by atoms with Crippen LogP contribution in [-0.2, 0) is 0 Å². The number of halogens is 1. The molecule has 0 bridgehead atoms. The van der Waals surface area contributed by atoms with Gasteiger partial charge in [0.2, 0.25) is 0 Å². The van der Waals surface area contributed by atoms with E-state index in [1.165, 1.54) is 4.90 Å². The van der Waals surface area contributed by atoms with E-state index in [4.69, 9.17) is 21.4 Å². The van der Waals surface area contributed by atoms with Crippen molar-refractivity contribution in [3.63, 3.8) is 0 Å². The lowest BCUT2D eigenvalue weighted by Crippen LogP contribution is -2.41. The van der Waals surface area contributed by atoms with Gasteiger partial charge in [-0.2, -0.15) is 0 Å². The number of benzene rings is 1. The summed E-state index contributed by atoms with van der Waals surface area (Å²) in [4.78, 5) is 12.2. The highest BCUT2D eigenvalue weighted by molar-refractivity contribution is 6.32. The van der Waals surface area contributed by atoms with E-state index in [1.807, 2.05) is 0 Å². The van der Waals surface area contributed by atoms with Crippen molar-refractivity contribution in [3.05, 3.63) is 28.8 Å². The molecule has 1 fully saturated rings. The van der Waals surface area contributed by atoms with E-state index in [-0.39, 0.29) is 6.10 Å². The van der Waals surface area contributed by atoms with Crippen LogP contribution in [-0.4, -0.2) is 40.4 Å². The van der Waals surface area contributed by atoms with Crippen molar-refractivity contribution in [1.29, 1.82) is 0 Å². The van der Waals surface area contributed by atoms with Crippen LogP contribution in [0.25, 0.3) is 0 Å². The molecule has 5 nitrogen and oxygen atoms in total. The summed E-state index contributed by atoms with van der Waals surface area (Å²) < 4.78 is 5.84. The van der Waals surface area contributed by atoms with Crippen molar-refractivity contribution < 1.29 is 19.7 Å². The number of likely N-dealkylation sites (tertiary alicyclic amines) is 1. The second kappa shape index (κ2) is 6.33. The Morgan fingerprint density at radius 3 is 2.65 bits per heavy atom. The molecule has 2 N–H and O–H groups in total. The van der Waals surface area contributed by atoms with Gasteiger partial charge < -0.3 is 19.8 Å². The highest BCUT2D eigenvalue weighted by Crippen LogP contribution is 2.33. The number of carbonyl (C=O) groups is 1. The lowest BCUT2D eigenvalue weighted by Gasteiger charge is -2.30. The Morgan fingerprint density at radius 2 is 2.10 bits per heavy atom. The van der Waals surface area contributed by atoms with Gasteiger partial charge in [0.1, 0.15) is 11.9 Å². The van der Waals surface area contributed by atoms with Crippen LogP contribution < -0.4 is 4.74 Å². The highest BCUT2D eigenvalue weighted by Gasteiger charge is 2.24. The largest absolute Gasteiger partial charge is 0.489 e. The number of nitrogens with zero attached hydrogens (tertiary/aromatic N) is 1. The van der Waals surface area contributed by atoms with Crippen molar-refractivity contribution in [2.45, 2.75) is 32.0 Å². The van der Waals surface area contributed by atoms with Crippen molar-refractivity contribution >= 4 is 17.7 Å². The number of aliphatic hydroxyl groups excluding tert-OH is 1. The average Bonchev–Trinajstić information content (AvgIpc) is 2.41. The molecule has 1 amide bonds. The number of carboxylic acid groups (broad SMARTS) is 1. The zero-order valence-electron chi connectivity index (χ0n) is 11.3. The molecule has 1 aromatic carbocycles. The molecule has 1 atom stereocenters. The van der Waals surface area contributed by atoms with Crippen LogP contribution in [0.3, 0.4) is 0 Å². The van der Waals surface area contributed by atoms with Crippen molar-refractivity contribution in [2.24, 2.45) is 0 Å². The number of rotatable bonds is 3. The second-order valence-electron chi connectivity index (χ2n) is 4.92. The Labute approximate surface area is 122 Å². The van der Waals surface area contributed by atoms with Crippen LogP contribution in [0.2, 0.25) is 5.02 Å². The van der Waals surface area contributed by atoms with E-state index in [0.717, 1.165) is 0 Å². The lowest BCUT2D eigenvalue weighted by molar-refractivity contribution is 0.0892. The fourth-order valence-corrected chi connectivity index (χ4v) is 2.61. The molecule has 1 heterocycles. The van der Waals surface area contributed by atoms with Crippen LogP contribution >= 0.6 is 11.6 Å². The maximum Gasteiger partial charge on any atom is 0.407 e. The third-order valence-corrected chi connectivity index (χ3v) is 3.85. The molecule has 1 aliphatic heterocycles. The number of hydrogen-bond acceptors (Lipinski definition) is 3. The SMILES string of the molecule is C[C@H](O)c1cccc(OC2CCN(C(=O)O)CC2)c1Cl. The van der Waals surface area contributed by atoms with Crippen LogP contribution in [0.4, 0.5) is 4.79 Å². The third kappa shape index (κ3) is 3.35. The molecular formula is C14H18ClNO4. The summed E-state index contributed by atoms with van der Waals surface area (Å²) in [6.45, 7) is 2.58. The Balaban J connectivity index is 2.01. The molecule has 0 spiro atoms. The van der Waals surface area contributed by atoms with Gasteiger partial charge in [-0.15, -0.1) is 0 Å². The predicted molar refractivity (Wildman–Crippen MR) is 75.3 cm³/mol. The number of aliphatic hydroxyl groups is 1. The van der Waals surface area contributed by atoms with Crippen LogP contribution in [0.5, 0.6) is 5.75 Å². The Kier molecular flexibility index (Phi) is 4.73. The van der Waals surface area contributed by atoms with Gasteiger partial charge in [0.05, 0.1) is 11.1 Å². The minimum absolute atomic E-state index is 0.0488. The summed E-state index contributed by atoms with van der Waals surface area (Å²) in [7, 11) is 0. The molecule has 1 aromatic rings. The summed E-state index contributed by atoms with van der Waals surface area (Å²) in [6.07, 6.45) is -0.312. The number of ether oxygens (including phenoxy) is 1. The van der Waals surface area contributed by atoms with E-state index in [2.05, 4.69) is 0 Å². The molecule has 1 saturated heterocycles. The first-order chi connectivity index (χ1) is 9.49. The first-order valence-corrected chi connectivity index (χ1v) is 6.98. The van der Waals surface area contributed by atoms with Gasteiger partial charge in [-0.25, -0.2) is 4.79 Å². The number of amides is 1. The standard InChI is InChI=1S/C14H18ClNO4/c1-9(17)11-3-2-4-12(13(11)15)20-10-5-7-16(8-6-10)14(18)19/h2-4,9-10,17H,5-8H2,1H3,(H,18,19)/t9-/m0/s1. The minimum Gasteiger partial charge on any atom is -0.489 e. The summed E-state index contributed by atoms with van der Waals surface area (Å²) in [6, 6.07) is 5.31. The molecule has 2 rings (SSSR count). The Morgan fingerprint density at radius 1 is 1.45 bits per heavy atom. The van der Waals surface area contributed by atoms with Gasteiger partial charge in [0, 0.05) is 31.5 Å². The molecule has 0 aromatic heterocycles. The summed E-state index contributed by atoms with van der Waals surface area (Å²) in [5.74, 6) is 0.541. The zero-order chi connectivity index (χ0) is 14.7. The van der Waals surface area contributed by atoms with E-state index in [9.17, 15) is 9.90 Å². The quantitative estimate of drug-likeness (QED) is 0.900. The van der Waals surface area contributed by atoms with Crippen molar-refractivity contribution in [2.75, 3.05) is 13.1 Å². The maximum atomic E-state index is 10.8. The molecule has 0 aliphatic carbocycles. The summed E-state index contributed by atoms with van der Waals surface area (Å²) >= 11 is 6.21. The smallest absolute Gasteiger partial charge is 0.407 e. The first kappa shape index (κ1) is 14.9. The molecular weight excluding hydrogens is 282 g/mol. The Hall–Kier alpha value is -1.46. The minimum atomic E-state index is -0.891. The number of piperidine rings is 1. The molecule has 0 unspecified atom stereocenters. The first-order valence-electron chi connectivity index (χ1n) is 6.60. The van der Waals surface area contributed by atoms with Gasteiger partial charge in [-0.1, -0.05) is 23.7 Å². The fourth-order valence-electron chi connectivity index (χ4n) is 2.29. The number of hydrogen-bond donors (Lipinski definition) is 2. The van der Waals surface area contributed by atoms with E-state index in [1.54, 1.807) is 25.1 Å². The monoisotopic (exact) mass is 299 g/mol. The average molecular weight is 300 g/mol. The second-order valence-corrected chi connectivity index (χ2v) is 5.30. The van der Waals surface area contributed by atoms with Gasteiger partial charge in [-0.05, 0) is 13.0 Å². The molecule has 0 saturated carbocycles. The van der Waals surface area contributed by atoms with Crippen molar-refractivity contribution in [1.82, 2.24) is 4.90 Å². The topological polar surface area (TPSA) is 70.0 Å². The van der Waals surface area contributed by atoms with Gasteiger partial charge in [0.15, 0.2) is 0 Å². The van der Waals surface area contributed by atoms with Gasteiger partial charge >= 0.3 is 6.09 Å². The molecule has 0 radical (unpaired) electrons. The van der Waals surface area contributed by atoms with Crippen LogP contribution in [0, 0.1) is 0 Å². The predicted octanol–water partition coefficient (Wildman–Crippen LogP) is 2.91. The van der Waals surface area contributed by atoms with Crippen LogP contribution in [0.1, 0.15) is 31.4 Å². The van der Waals surface area contributed by atoms with Gasteiger partial charge in [-0.3, -0.25) is 0 Å². The van der Waals surface area contributed by atoms with E-state index in [0.29, 0.717) is 42.3 Å². The Bertz CT molecular complexity index is 484. The lowest BCUT2D eigenvalue weighted by atomic mass is 10.1. The highest BCUT2D eigenvalue weighted by atomic mass is 35.5. The van der Waals surface area contributed by atoms with Crippen LogP contribution in [0.15, 0.2) is 18.2 Å².